The zero-order valence-corrected chi connectivity index (χ0v) is 9.98. The van der Waals surface area contributed by atoms with Crippen molar-refractivity contribution in [3.05, 3.63) is 35.8 Å². The molecule has 2 unspecified atom stereocenters. The fourth-order valence-corrected chi connectivity index (χ4v) is 2.41. The van der Waals surface area contributed by atoms with Crippen molar-refractivity contribution in [2.45, 2.75) is 19.4 Å². The van der Waals surface area contributed by atoms with Crippen LogP contribution < -0.4 is 0 Å². The molecule has 0 bridgehead atoms. The zero-order chi connectivity index (χ0) is 12.7. The molecule has 2 atom stereocenters. The molecule has 0 N–H and O–H groups in total. The summed E-state index contributed by atoms with van der Waals surface area (Å²) >= 11 is 0. The lowest BCUT2D eigenvalue weighted by molar-refractivity contribution is 0.0742. The lowest BCUT2D eigenvalue weighted by Crippen LogP contribution is -2.21. The minimum Gasteiger partial charge on any atom is -0.450 e. The van der Waals surface area contributed by atoms with Crippen molar-refractivity contribution in [1.82, 2.24) is 0 Å². The first-order valence-corrected chi connectivity index (χ1v) is 6.00. The predicted octanol–water partition coefficient (Wildman–Crippen LogP) is 3.18. The van der Waals surface area contributed by atoms with Crippen LogP contribution in [0.15, 0.2) is 28.7 Å². The summed E-state index contributed by atoms with van der Waals surface area (Å²) in [6.07, 6.45) is 0.593. The van der Waals surface area contributed by atoms with E-state index in [1.54, 1.807) is 18.2 Å². The maximum atomic E-state index is 13.5. The van der Waals surface area contributed by atoms with Gasteiger partial charge in [0.05, 0.1) is 12.0 Å². The highest BCUT2D eigenvalue weighted by atomic mass is 19.1. The molecule has 0 saturated carbocycles. The number of hydrogen-bond acceptors (Lipinski definition) is 3. The summed E-state index contributed by atoms with van der Waals surface area (Å²) in [5.41, 5.74) is 0.146. The Bertz CT molecular complexity index is 602. The number of carbonyl (C=O) groups is 1. The van der Waals surface area contributed by atoms with Gasteiger partial charge < -0.3 is 9.15 Å². The Labute approximate surface area is 104 Å². The van der Waals surface area contributed by atoms with E-state index < -0.39 is 5.82 Å². The molecule has 18 heavy (non-hydrogen) atoms. The van der Waals surface area contributed by atoms with Gasteiger partial charge in [0.1, 0.15) is 0 Å². The topological polar surface area (TPSA) is 39.4 Å². The number of Topliss-reactive ketones (excluding diaryl/α,β-unsaturated/α-hetero) is 1. The predicted molar refractivity (Wildman–Crippen MR) is 64.0 cm³/mol. The number of benzene rings is 1. The third kappa shape index (κ3) is 1.73. The first kappa shape index (κ1) is 11.4. The van der Waals surface area contributed by atoms with Crippen molar-refractivity contribution in [1.29, 1.82) is 0 Å². The van der Waals surface area contributed by atoms with Crippen LogP contribution in [-0.2, 0) is 4.74 Å². The Morgan fingerprint density at radius 1 is 1.44 bits per heavy atom. The number of ketones is 1. The number of furan rings is 1. The highest BCUT2D eigenvalue weighted by Crippen LogP contribution is 2.28. The summed E-state index contributed by atoms with van der Waals surface area (Å²) in [6.45, 7) is 2.46. The maximum absolute atomic E-state index is 13.5. The monoisotopic (exact) mass is 248 g/mol. The van der Waals surface area contributed by atoms with Gasteiger partial charge in [0.15, 0.2) is 17.2 Å². The normalized spacial score (nSPS) is 23.7. The summed E-state index contributed by atoms with van der Waals surface area (Å²) < 4.78 is 24.2. The molecular weight excluding hydrogens is 235 g/mol. The first-order valence-electron chi connectivity index (χ1n) is 6.00. The Morgan fingerprint density at radius 3 is 2.94 bits per heavy atom. The molecule has 0 radical (unpaired) electrons. The van der Waals surface area contributed by atoms with Crippen molar-refractivity contribution in [3.63, 3.8) is 0 Å². The van der Waals surface area contributed by atoms with Gasteiger partial charge in [0.25, 0.3) is 0 Å². The second kappa shape index (κ2) is 4.21. The van der Waals surface area contributed by atoms with Gasteiger partial charge in [-0.3, -0.25) is 4.79 Å². The van der Waals surface area contributed by atoms with Crippen molar-refractivity contribution >= 4 is 16.8 Å². The van der Waals surface area contributed by atoms with Crippen molar-refractivity contribution in [2.24, 2.45) is 5.92 Å². The summed E-state index contributed by atoms with van der Waals surface area (Å²) in [4.78, 5) is 12.2. The molecule has 4 heteroatoms. The van der Waals surface area contributed by atoms with E-state index >= 15 is 0 Å². The molecule has 2 heterocycles. The molecule has 3 rings (SSSR count). The van der Waals surface area contributed by atoms with Gasteiger partial charge in [0, 0.05) is 12.0 Å². The van der Waals surface area contributed by atoms with Gasteiger partial charge in [-0.25, -0.2) is 4.39 Å². The third-order valence-electron chi connectivity index (χ3n) is 3.45. The van der Waals surface area contributed by atoms with E-state index in [0.29, 0.717) is 18.4 Å². The van der Waals surface area contributed by atoms with E-state index in [1.807, 2.05) is 6.92 Å². The molecule has 0 amide bonds. The van der Waals surface area contributed by atoms with Crippen molar-refractivity contribution in [2.75, 3.05) is 6.61 Å². The van der Waals surface area contributed by atoms with Crippen molar-refractivity contribution in [3.8, 4) is 0 Å². The van der Waals surface area contributed by atoms with Gasteiger partial charge >= 0.3 is 0 Å². The Balaban J connectivity index is 1.99. The van der Waals surface area contributed by atoms with Gasteiger partial charge in [-0.05, 0) is 25.5 Å². The first-order chi connectivity index (χ1) is 8.66. The molecule has 0 spiro atoms. The van der Waals surface area contributed by atoms with E-state index in [1.165, 1.54) is 6.07 Å². The van der Waals surface area contributed by atoms with Crippen LogP contribution in [0.4, 0.5) is 4.39 Å². The minimum atomic E-state index is -0.442. The molecule has 1 fully saturated rings. The van der Waals surface area contributed by atoms with Crippen LogP contribution in [0.5, 0.6) is 0 Å². The number of ether oxygens (including phenoxy) is 1. The molecule has 1 aromatic heterocycles. The maximum Gasteiger partial charge on any atom is 0.203 e. The van der Waals surface area contributed by atoms with Gasteiger partial charge in [-0.2, -0.15) is 0 Å². The largest absolute Gasteiger partial charge is 0.450 e. The van der Waals surface area contributed by atoms with E-state index in [9.17, 15) is 9.18 Å². The average Bonchev–Trinajstić information content (AvgIpc) is 2.95. The molecule has 1 aliphatic rings. The number of carbonyl (C=O) groups excluding carboxylic acids is 1. The van der Waals surface area contributed by atoms with Crippen LogP contribution >= 0.6 is 0 Å². The van der Waals surface area contributed by atoms with Gasteiger partial charge in [-0.1, -0.05) is 12.1 Å². The van der Waals surface area contributed by atoms with E-state index in [0.717, 1.165) is 0 Å². The third-order valence-corrected chi connectivity index (χ3v) is 3.45. The molecule has 2 aromatic rings. The SMILES string of the molecule is CC1OCCC1C(=O)c1cc2cccc(F)c2o1. The second-order valence-corrected chi connectivity index (χ2v) is 4.60. The minimum absolute atomic E-state index is 0.101. The number of hydrogen-bond donors (Lipinski definition) is 0. The van der Waals surface area contributed by atoms with E-state index in [-0.39, 0.29) is 29.1 Å². The lowest BCUT2D eigenvalue weighted by atomic mass is 9.96. The summed E-state index contributed by atoms with van der Waals surface area (Å²) in [6, 6.07) is 6.25. The molecule has 1 aliphatic heterocycles. The number of para-hydroxylation sites is 1. The second-order valence-electron chi connectivity index (χ2n) is 4.60. The highest BCUT2D eigenvalue weighted by Gasteiger charge is 2.33. The Hall–Kier alpha value is -1.68. The van der Waals surface area contributed by atoms with Gasteiger partial charge in [-0.15, -0.1) is 0 Å². The molecule has 3 nitrogen and oxygen atoms in total. The number of rotatable bonds is 2. The van der Waals surface area contributed by atoms with E-state index in [4.69, 9.17) is 9.15 Å². The molecule has 1 saturated heterocycles. The summed E-state index contributed by atoms with van der Waals surface area (Å²) in [7, 11) is 0. The van der Waals surface area contributed by atoms with Crippen LogP contribution in [0.2, 0.25) is 0 Å². The average molecular weight is 248 g/mol. The van der Waals surface area contributed by atoms with Crippen molar-refractivity contribution < 1.29 is 18.3 Å². The number of fused-ring (bicyclic) bond motifs is 1. The summed E-state index contributed by atoms with van der Waals surface area (Å²) in [5, 5.41) is 0.616. The van der Waals surface area contributed by atoms with Crippen LogP contribution in [0.1, 0.15) is 23.9 Å². The van der Waals surface area contributed by atoms with Crippen LogP contribution in [0.25, 0.3) is 11.0 Å². The standard InChI is InChI=1S/C14H13FO3/c1-8-10(5-6-17-8)13(16)12-7-9-3-2-4-11(15)14(9)18-12/h2-4,7-8,10H,5-6H2,1H3. The lowest BCUT2D eigenvalue weighted by Gasteiger charge is -2.10. The van der Waals surface area contributed by atoms with Crippen LogP contribution in [0.3, 0.4) is 0 Å². The number of halogens is 1. The van der Waals surface area contributed by atoms with Crippen LogP contribution in [-0.4, -0.2) is 18.5 Å². The smallest absolute Gasteiger partial charge is 0.203 e. The summed E-state index contributed by atoms with van der Waals surface area (Å²) in [5.74, 6) is -0.510. The Kier molecular flexibility index (Phi) is 2.67. The van der Waals surface area contributed by atoms with Gasteiger partial charge in [0.2, 0.25) is 5.78 Å². The molecule has 0 aliphatic carbocycles. The highest BCUT2D eigenvalue weighted by molar-refractivity contribution is 5.99. The molecule has 94 valence electrons. The molecular formula is C14H13FO3. The quantitative estimate of drug-likeness (QED) is 0.766. The van der Waals surface area contributed by atoms with Crippen LogP contribution in [0, 0.1) is 11.7 Å². The Morgan fingerprint density at radius 2 is 2.28 bits per heavy atom. The van der Waals surface area contributed by atoms with E-state index in [2.05, 4.69) is 0 Å². The zero-order valence-electron chi connectivity index (χ0n) is 9.98. The fourth-order valence-electron chi connectivity index (χ4n) is 2.41. The fraction of sp³-hybridized carbons (Fsp3) is 0.357. The molecule has 1 aromatic carbocycles.